The average Bonchev–Trinajstić information content (AvgIpc) is 3.02. The van der Waals surface area contributed by atoms with Gasteiger partial charge in [0.25, 0.3) is 0 Å². The van der Waals surface area contributed by atoms with Gasteiger partial charge in [-0.05, 0) is 54.2 Å². The molecule has 3 rings (SSSR count). The minimum absolute atomic E-state index is 0.156. The molecule has 0 spiro atoms. The second-order valence-electron chi connectivity index (χ2n) is 4.98. The van der Waals surface area contributed by atoms with Gasteiger partial charge >= 0.3 is 0 Å². The van der Waals surface area contributed by atoms with Gasteiger partial charge in [-0.3, -0.25) is 0 Å². The molecule has 7 nitrogen and oxygen atoms in total. The molecule has 0 saturated carbocycles. The molecule has 22 heavy (non-hydrogen) atoms. The summed E-state index contributed by atoms with van der Waals surface area (Å²) >= 11 is 2.80. The largest absolute Gasteiger partial charge is 0.229 e. The number of fused-ring (bicyclic) bond motifs is 1. The van der Waals surface area contributed by atoms with E-state index in [0.29, 0.717) is 10.1 Å². The van der Waals surface area contributed by atoms with Gasteiger partial charge < -0.3 is 0 Å². The molecule has 116 valence electrons. The number of hydrogen-bond acceptors (Lipinski definition) is 8. The molecule has 0 radical (unpaired) electrons. The molecule has 3 aromatic rings. The topological polar surface area (TPSA) is 90.6 Å². The van der Waals surface area contributed by atoms with Crippen LogP contribution in [0.1, 0.15) is 19.9 Å². The lowest BCUT2D eigenvalue weighted by Crippen LogP contribution is -2.04. The van der Waals surface area contributed by atoms with E-state index in [-0.39, 0.29) is 6.04 Å². The summed E-state index contributed by atoms with van der Waals surface area (Å²) < 4.78 is 26.5. The first kappa shape index (κ1) is 15.4. The monoisotopic (exact) mass is 355 g/mol. The Balaban J connectivity index is 1.97. The third kappa shape index (κ3) is 2.99. The molecule has 2 aromatic heterocycles. The predicted molar refractivity (Wildman–Crippen MR) is 85.1 cm³/mol. The van der Waals surface area contributed by atoms with Crippen molar-refractivity contribution in [3.05, 3.63) is 18.2 Å². The van der Waals surface area contributed by atoms with Gasteiger partial charge in [-0.2, -0.15) is 0 Å². The summed E-state index contributed by atoms with van der Waals surface area (Å²) in [4.78, 5) is 4.79. The van der Waals surface area contributed by atoms with Crippen LogP contribution in [-0.4, -0.2) is 39.9 Å². The van der Waals surface area contributed by atoms with Crippen LogP contribution in [0.4, 0.5) is 0 Å². The second kappa shape index (κ2) is 5.60. The Morgan fingerprint density at radius 2 is 2.09 bits per heavy atom. The zero-order valence-corrected chi connectivity index (χ0v) is 14.5. The van der Waals surface area contributed by atoms with E-state index in [1.807, 2.05) is 13.8 Å². The standard InChI is InChI=1S/C12H13N5O2S3/c1-7(2)17-11(14-15-16-17)21-12-13-9-5-4-8(22(3,18)19)6-10(9)20-12/h4-7H,1-3H3. The van der Waals surface area contributed by atoms with Gasteiger partial charge in [0, 0.05) is 6.26 Å². The van der Waals surface area contributed by atoms with Gasteiger partial charge in [0.15, 0.2) is 14.2 Å². The fraction of sp³-hybridized carbons (Fsp3) is 0.333. The van der Waals surface area contributed by atoms with Crippen molar-refractivity contribution in [3.63, 3.8) is 0 Å². The Labute approximate surface area is 135 Å². The van der Waals surface area contributed by atoms with Crippen molar-refractivity contribution in [2.45, 2.75) is 34.3 Å². The van der Waals surface area contributed by atoms with Crippen LogP contribution in [0, 0.1) is 0 Å². The molecule has 0 fully saturated rings. The summed E-state index contributed by atoms with van der Waals surface area (Å²) in [5.74, 6) is 0. The Kier molecular flexibility index (Phi) is 3.91. The highest BCUT2D eigenvalue weighted by atomic mass is 32.2. The molecule has 2 heterocycles. The van der Waals surface area contributed by atoms with Crippen LogP contribution < -0.4 is 0 Å². The van der Waals surface area contributed by atoms with E-state index >= 15 is 0 Å². The molecule has 0 aliphatic heterocycles. The van der Waals surface area contributed by atoms with E-state index in [9.17, 15) is 8.42 Å². The number of nitrogens with zero attached hydrogens (tertiary/aromatic N) is 5. The third-order valence-corrected chi connectivity index (χ3v) is 6.04. The molecular weight excluding hydrogens is 342 g/mol. The maximum atomic E-state index is 11.6. The fourth-order valence-electron chi connectivity index (χ4n) is 1.81. The fourth-order valence-corrected chi connectivity index (χ4v) is 4.65. The van der Waals surface area contributed by atoms with Crippen molar-refractivity contribution in [1.29, 1.82) is 0 Å². The lowest BCUT2D eigenvalue weighted by Gasteiger charge is -2.04. The van der Waals surface area contributed by atoms with Gasteiger partial charge in [-0.15, -0.1) is 16.4 Å². The zero-order chi connectivity index (χ0) is 15.9. The van der Waals surface area contributed by atoms with Gasteiger partial charge in [-0.25, -0.2) is 18.1 Å². The number of aromatic nitrogens is 5. The highest BCUT2D eigenvalue weighted by molar-refractivity contribution is 8.01. The van der Waals surface area contributed by atoms with Crippen LogP contribution in [0.5, 0.6) is 0 Å². The Morgan fingerprint density at radius 3 is 2.77 bits per heavy atom. The molecule has 0 N–H and O–H groups in total. The van der Waals surface area contributed by atoms with Crippen LogP contribution in [0.2, 0.25) is 0 Å². The summed E-state index contributed by atoms with van der Waals surface area (Å²) in [5, 5.41) is 12.3. The van der Waals surface area contributed by atoms with Gasteiger partial charge in [-0.1, -0.05) is 0 Å². The van der Waals surface area contributed by atoms with Crippen LogP contribution in [0.3, 0.4) is 0 Å². The number of hydrogen-bond donors (Lipinski definition) is 0. The first-order chi connectivity index (χ1) is 10.3. The Bertz CT molecular complexity index is 929. The lowest BCUT2D eigenvalue weighted by molar-refractivity contribution is 0.477. The third-order valence-electron chi connectivity index (χ3n) is 2.90. The van der Waals surface area contributed by atoms with Gasteiger partial charge in [0.05, 0.1) is 21.2 Å². The van der Waals surface area contributed by atoms with E-state index in [0.717, 1.165) is 14.6 Å². The number of tetrazole rings is 1. The molecular formula is C12H13N5O2S3. The van der Waals surface area contributed by atoms with Crippen molar-refractivity contribution >= 4 is 43.2 Å². The van der Waals surface area contributed by atoms with E-state index in [2.05, 4.69) is 20.5 Å². The molecule has 0 amide bonds. The molecule has 0 atom stereocenters. The highest BCUT2D eigenvalue weighted by Crippen LogP contribution is 2.34. The molecule has 0 bridgehead atoms. The van der Waals surface area contributed by atoms with E-state index < -0.39 is 9.84 Å². The lowest BCUT2D eigenvalue weighted by atomic mass is 10.3. The molecule has 0 aliphatic carbocycles. The smallest absolute Gasteiger partial charge is 0.216 e. The maximum absolute atomic E-state index is 11.6. The zero-order valence-electron chi connectivity index (χ0n) is 12.1. The van der Waals surface area contributed by atoms with Crippen molar-refractivity contribution in [1.82, 2.24) is 25.2 Å². The molecule has 0 aliphatic rings. The summed E-state index contributed by atoms with van der Waals surface area (Å²) in [6, 6.07) is 5.10. The van der Waals surface area contributed by atoms with Crippen molar-refractivity contribution < 1.29 is 8.42 Å². The molecule has 10 heteroatoms. The second-order valence-corrected chi connectivity index (χ2v) is 9.24. The summed E-state index contributed by atoms with van der Waals surface area (Å²) in [7, 11) is -3.22. The number of rotatable bonds is 4. The SMILES string of the molecule is CC(C)n1nnnc1Sc1nc2ccc(S(C)(=O)=O)cc2s1. The summed E-state index contributed by atoms with van der Waals surface area (Å²) in [5.41, 5.74) is 0.767. The first-order valence-corrected chi connectivity index (χ1v) is 9.93. The minimum Gasteiger partial charge on any atom is -0.229 e. The van der Waals surface area contributed by atoms with Crippen LogP contribution >= 0.6 is 23.1 Å². The van der Waals surface area contributed by atoms with Crippen molar-refractivity contribution in [2.75, 3.05) is 6.26 Å². The van der Waals surface area contributed by atoms with Crippen LogP contribution in [-0.2, 0) is 9.84 Å². The highest BCUT2D eigenvalue weighted by Gasteiger charge is 2.15. The average molecular weight is 355 g/mol. The summed E-state index contributed by atoms with van der Waals surface area (Å²) in [6.45, 7) is 3.99. The molecule has 0 unspecified atom stereocenters. The van der Waals surface area contributed by atoms with Gasteiger partial charge in [0.1, 0.15) is 0 Å². The quantitative estimate of drug-likeness (QED) is 0.710. The van der Waals surface area contributed by atoms with Gasteiger partial charge in [0.2, 0.25) is 5.16 Å². The van der Waals surface area contributed by atoms with Crippen molar-refractivity contribution in [3.8, 4) is 0 Å². The maximum Gasteiger partial charge on any atom is 0.216 e. The molecule has 1 aromatic carbocycles. The number of benzene rings is 1. The van der Waals surface area contributed by atoms with E-state index in [1.54, 1.807) is 22.9 Å². The van der Waals surface area contributed by atoms with Crippen LogP contribution in [0.15, 0.2) is 32.6 Å². The Morgan fingerprint density at radius 1 is 1.32 bits per heavy atom. The van der Waals surface area contributed by atoms with E-state index in [1.165, 1.54) is 29.4 Å². The molecule has 0 saturated heterocycles. The van der Waals surface area contributed by atoms with Crippen molar-refractivity contribution in [2.24, 2.45) is 0 Å². The van der Waals surface area contributed by atoms with Crippen LogP contribution in [0.25, 0.3) is 10.2 Å². The minimum atomic E-state index is -3.22. The normalized spacial score (nSPS) is 12.4. The van der Waals surface area contributed by atoms with E-state index in [4.69, 9.17) is 0 Å². The predicted octanol–water partition coefficient (Wildman–Crippen LogP) is 2.42. The Hall–Kier alpha value is -1.52. The number of sulfone groups is 1. The first-order valence-electron chi connectivity index (χ1n) is 6.41. The summed E-state index contributed by atoms with van der Waals surface area (Å²) in [6.07, 6.45) is 1.20. The number of thiazole rings is 1.